The van der Waals surface area contributed by atoms with Crippen molar-refractivity contribution in [1.29, 1.82) is 0 Å². The molecule has 0 bridgehead atoms. The topological polar surface area (TPSA) is 35.2 Å². The summed E-state index contributed by atoms with van der Waals surface area (Å²) in [5, 5.41) is 0. The molecule has 2 nitrogen and oxygen atoms in total. The third-order valence-electron chi connectivity index (χ3n) is 4.56. The smallest absolute Gasteiger partial charge is 0.133 e. The Labute approximate surface area is 131 Å². The molecular weight excluding hydrogens is 314 g/mol. The van der Waals surface area contributed by atoms with Gasteiger partial charge in [-0.25, -0.2) is 0 Å². The molecule has 3 atom stereocenters. The Bertz CT molecular complexity index is 435. The molecule has 20 heavy (non-hydrogen) atoms. The van der Waals surface area contributed by atoms with E-state index in [1.807, 2.05) is 6.07 Å². The summed E-state index contributed by atoms with van der Waals surface area (Å²) in [4.78, 5) is 0. The maximum Gasteiger partial charge on any atom is 0.133 e. The van der Waals surface area contributed by atoms with Gasteiger partial charge in [-0.05, 0) is 71.1 Å². The highest BCUT2D eigenvalue weighted by Gasteiger charge is 2.27. The number of rotatable bonds is 5. The van der Waals surface area contributed by atoms with Crippen molar-refractivity contribution in [2.75, 3.05) is 7.11 Å². The van der Waals surface area contributed by atoms with Crippen LogP contribution in [0.4, 0.5) is 0 Å². The van der Waals surface area contributed by atoms with E-state index in [9.17, 15) is 0 Å². The van der Waals surface area contributed by atoms with Gasteiger partial charge < -0.3 is 10.5 Å². The number of hydrogen-bond donors (Lipinski definition) is 1. The number of nitrogens with two attached hydrogens (primary N) is 1. The maximum absolute atomic E-state index is 6.34. The SMILES string of the molecule is CCCC1CCC(N)C(Cc2ccc(OC)c(Br)c2)C1. The van der Waals surface area contributed by atoms with Crippen LogP contribution in [0.15, 0.2) is 22.7 Å². The molecule has 1 saturated carbocycles. The summed E-state index contributed by atoms with van der Waals surface area (Å²) >= 11 is 3.57. The third-order valence-corrected chi connectivity index (χ3v) is 5.18. The van der Waals surface area contributed by atoms with Crippen LogP contribution in [0.2, 0.25) is 0 Å². The van der Waals surface area contributed by atoms with Crippen LogP contribution in [-0.2, 0) is 6.42 Å². The molecule has 2 N–H and O–H groups in total. The Hall–Kier alpha value is -0.540. The minimum Gasteiger partial charge on any atom is -0.496 e. The Kier molecular flexibility index (Phi) is 5.91. The molecule has 1 aromatic rings. The minimum atomic E-state index is 0.365. The zero-order valence-corrected chi connectivity index (χ0v) is 14.2. The van der Waals surface area contributed by atoms with Gasteiger partial charge in [0.25, 0.3) is 0 Å². The van der Waals surface area contributed by atoms with E-state index in [-0.39, 0.29) is 0 Å². The molecule has 2 rings (SSSR count). The molecule has 0 amide bonds. The van der Waals surface area contributed by atoms with Gasteiger partial charge in [-0.2, -0.15) is 0 Å². The van der Waals surface area contributed by atoms with E-state index in [1.54, 1.807) is 7.11 Å². The second kappa shape index (κ2) is 7.46. The zero-order valence-electron chi connectivity index (χ0n) is 12.6. The molecule has 0 spiro atoms. The Balaban J connectivity index is 2.02. The number of hydrogen-bond acceptors (Lipinski definition) is 2. The average Bonchev–Trinajstić information content (AvgIpc) is 2.43. The molecule has 1 aliphatic rings. The summed E-state index contributed by atoms with van der Waals surface area (Å²) in [6.07, 6.45) is 7.53. The van der Waals surface area contributed by atoms with Gasteiger partial charge in [0.2, 0.25) is 0 Å². The third kappa shape index (κ3) is 3.98. The van der Waals surface area contributed by atoms with E-state index in [4.69, 9.17) is 10.5 Å². The largest absolute Gasteiger partial charge is 0.496 e. The van der Waals surface area contributed by atoms with Gasteiger partial charge in [-0.15, -0.1) is 0 Å². The molecule has 3 heteroatoms. The van der Waals surface area contributed by atoms with E-state index in [1.165, 1.54) is 37.7 Å². The fourth-order valence-corrected chi connectivity index (χ4v) is 4.02. The number of halogens is 1. The molecule has 0 aromatic heterocycles. The summed E-state index contributed by atoms with van der Waals surface area (Å²) < 4.78 is 6.32. The number of methoxy groups -OCH3 is 1. The second-order valence-corrected chi connectivity index (χ2v) is 6.92. The van der Waals surface area contributed by atoms with Crippen molar-refractivity contribution in [2.24, 2.45) is 17.6 Å². The summed E-state index contributed by atoms with van der Waals surface area (Å²) in [5.74, 6) is 2.40. The van der Waals surface area contributed by atoms with Crippen LogP contribution in [-0.4, -0.2) is 13.2 Å². The molecule has 1 aliphatic carbocycles. The molecule has 3 unspecified atom stereocenters. The van der Waals surface area contributed by atoms with Crippen molar-refractivity contribution in [3.05, 3.63) is 28.2 Å². The van der Waals surface area contributed by atoms with Crippen molar-refractivity contribution in [2.45, 2.75) is 51.5 Å². The average molecular weight is 340 g/mol. The quantitative estimate of drug-likeness (QED) is 0.854. The minimum absolute atomic E-state index is 0.365. The standard InChI is InChI=1S/C17H26BrNO/c1-3-4-12-5-7-16(19)14(9-12)10-13-6-8-17(20-2)15(18)11-13/h6,8,11-12,14,16H,3-5,7,9-10,19H2,1-2H3. The molecule has 1 aromatic carbocycles. The lowest BCUT2D eigenvalue weighted by molar-refractivity contribution is 0.221. The van der Waals surface area contributed by atoms with Gasteiger partial charge in [0.15, 0.2) is 0 Å². The van der Waals surface area contributed by atoms with Crippen LogP contribution in [0.3, 0.4) is 0 Å². The van der Waals surface area contributed by atoms with Crippen molar-refractivity contribution in [3.8, 4) is 5.75 Å². The van der Waals surface area contributed by atoms with E-state index in [2.05, 4.69) is 35.0 Å². The Morgan fingerprint density at radius 3 is 2.80 bits per heavy atom. The van der Waals surface area contributed by atoms with Gasteiger partial charge in [0, 0.05) is 6.04 Å². The lowest BCUT2D eigenvalue weighted by Gasteiger charge is -2.34. The summed E-state index contributed by atoms with van der Waals surface area (Å²) in [5.41, 5.74) is 7.70. The van der Waals surface area contributed by atoms with E-state index in [0.717, 1.165) is 22.6 Å². The maximum atomic E-state index is 6.34. The van der Waals surface area contributed by atoms with Gasteiger partial charge in [0.1, 0.15) is 5.75 Å². The Morgan fingerprint density at radius 2 is 2.15 bits per heavy atom. The second-order valence-electron chi connectivity index (χ2n) is 6.06. The molecule has 0 aliphatic heterocycles. The molecule has 112 valence electrons. The van der Waals surface area contributed by atoms with Crippen molar-refractivity contribution < 1.29 is 4.74 Å². The Morgan fingerprint density at radius 1 is 1.35 bits per heavy atom. The van der Waals surface area contributed by atoms with Crippen LogP contribution in [0, 0.1) is 11.8 Å². The van der Waals surface area contributed by atoms with Crippen LogP contribution in [0.25, 0.3) is 0 Å². The molecular formula is C17H26BrNO. The lowest BCUT2D eigenvalue weighted by Crippen LogP contribution is -2.37. The predicted octanol–water partition coefficient (Wildman–Crippen LogP) is 4.54. The molecule has 1 fully saturated rings. The highest BCUT2D eigenvalue weighted by molar-refractivity contribution is 9.10. The molecule has 0 saturated heterocycles. The highest BCUT2D eigenvalue weighted by atomic mass is 79.9. The number of ether oxygens (including phenoxy) is 1. The summed E-state index contributed by atoms with van der Waals surface area (Å²) in [6, 6.07) is 6.75. The van der Waals surface area contributed by atoms with Gasteiger partial charge in [0.05, 0.1) is 11.6 Å². The summed E-state index contributed by atoms with van der Waals surface area (Å²) in [7, 11) is 1.70. The first-order valence-electron chi connectivity index (χ1n) is 7.72. The summed E-state index contributed by atoms with van der Waals surface area (Å²) in [6.45, 7) is 2.28. The zero-order chi connectivity index (χ0) is 14.5. The normalized spacial score (nSPS) is 26.5. The lowest BCUT2D eigenvalue weighted by atomic mass is 9.74. The van der Waals surface area contributed by atoms with Crippen LogP contribution in [0.5, 0.6) is 5.75 Å². The molecule has 0 heterocycles. The van der Waals surface area contributed by atoms with Gasteiger partial charge in [-0.1, -0.05) is 25.8 Å². The first kappa shape index (κ1) is 15.8. The van der Waals surface area contributed by atoms with Crippen LogP contribution >= 0.6 is 15.9 Å². The van der Waals surface area contributed by atoms with Gasteiger partial charge >= 0.3 is 0 Å². The van der Waals surface area contributed by atoms with Gasteiger partial charge in [-0.3, -0.25) is 0 Å². The van der Waals surface area contributed by atoms with Crippen molar-refractivity contribution in [3.63, 3.8) is 0 Å². The van der Waals surface area contributed by atoms with Crippen molar-refractivity contribution in [1.82, 2.24) is 0 Å². The first-order valence-corrected chi connectivity index (χ1v) is 8.51. The van der Waals surface area contributed by atoms with E-state index < -0.39 is 0 Å². The fraction of sp³-hybridized carbons (Fsp3) is 0.647. The highest BCUT2D eigenvalue weighted by Crippen LogP contribution is 2.34. The first-order chi connectivity index (χ1) is 9.63. The fourth-order valence-electron chi connectivity index (χ4n) is 3.43. The van der Waals surface area contributed by atoms with E-state index >= 15 is 0 Å². The molecule has 0 radical (unpaired) electrons. The number of benzene rings is 1. The van der Waals surface area contributed by atoms with Crippen LogP contribution < -0.4 is 10.5 Å². The van der Waals surface area contributed by atoms with Crippen LogP contribution in [0.1, 0.15) is 44.6 Å². The van der Waals surface area contributed by atoms with Crippen molar-refractivity contribution >= 4 is 15.9 Å². The predicted molar refractivity (Wildman–Crippen MR) is 88.1 cm³/mol. The van der Waals surface area contributed by atoms with E-state index in [0.29, 0.717) is 12.0 Å². The monoisotopic (exact) mass is 339 g/mol.